The van der Waals surface area contributed by atoms with E-state index < -0.39 is 0 Å². The largest absolute Gasteiger partial charge is 0.312 e. The van der Waals surface area contributed by atoms with Gasteiger partial charge in [-0.25, -0.2) is 0 Å². The third kappa shape index (κ3) is 24600. The Balaban J connectivity index is -0.0000000600. The van der Waals surface area contributed by atoms with E-state index in [9.17, 15) is 0 Å². The molecule has 0 N–H and O–H groups in total. The number of rotatable bonds is 0. The summed E-state index contributed by atoms with van der Waals surface area (Å²) in [7, 11) is 6.00. The summed E-state index contributed by atoms with van der Waals surface area (Å²) in [5.41, 5.74) is 1.17. The molecule has 0 aliphatic rings. The van der Waals surface area contributed by atoms with Crippen molar-refractivity contribution in [3.8, 4) is 0 Å². The van der Waals surface area contributed by atoms with E-state index in [1.165, 1.54) is 5.57 Å². The SMILES string of the molecule is C=C(C)C.CC(C)C.CC(C)C.CN(C)C. The van der Waals surface area contributed by atoms with Crippen LogP contribution < -0.4 is 0 Å². The smallest absolute Gasteiger partial charge is 0.0140 e. The minimum absolute atomic E-state index is 0.833. The van der Waals surface area contributed by atoms with Gasteiger partial charge in [-0.2, -0.15) is 0 Å². The van der Waals surface area contributed by atoms with Crippen molar-refractivity contribution in [2.45, 2.75) is 55.4 Å². The third-order valence-electron chi connectivity index (χ3n) is 0. The normalized spacial score (nSPS) is 8.38. The van der Waals surface area contributed by atoms with Crippen molar-refractivity contribution >= 4 is 0 Å². The van der Waals surface area contributed by atoms with Crippen LogP contribution in [0.2, 0.25) is 0 Å². The van der Waals surface area contributed by atoms with E-state index in [-0.39, 0.29) is 0 Å². The van der Waals surface area contributed by atoms with Gasteiger partial charge in [0.15, 0.2) is 0 Å². The zero-order chi connectivity index (χ0) is 14.3. The van der Waals surface area contributed by atoms with E-state index >= 15 is 0 Å². The second-order valence-corrected chi connectivity index (χ2v) is 6.01. The molecule has 1 heteroatoms. The second kappa shape index (κ2) is 20.2. The van der Waals surface area contributed by atoms with Gasteiger partial charge < -0.3 is 4.90 Å². The summed E-state index contributed by atoms with van der Waals surface area (Å²) >= 11 is 0. The van der Waals surface area contributed by atoms with Crippen LogP contribution in [0.4, 0.5) is 0 Å². The molecule has 0 aromatic carbocycles. The molecule has 0 saturated heterocycles. The van der Waals surface area contributed by atoms with Crippen molar-refractivity contribution in [3.05, 3.63) is 12.2 Å². The van der Waals surface area contributed by atoms with Crippen molar-refractivity contribution in [1.82, 2.24) is 4.90 Å². The fourth-order valence-corrected chi connectivity index (χ4v) is 0. The van der Waals surface area contributed by atoms with Gasteiger partial charge in [0.25, 0.3) is 0 Å². The predicted octanol–water partition coefficient (Wildman–Crippen LogP) is 5.08. The van der Waals surface area contributed by atoms with Gasteiger partial charge in [-0.3, -0.25) is 0 Å². The maximum Gasteiger partial charge on any atom is -0.0140 e. The molecule has 102 valence electrons. The molecule has 0 spiro atoms. The van der Waals surface area contributed by atoms with E-state index in [1.54, 1.807) is 0 Å². The fraction of sp³-hybridized carbons (Fsp3) is 0.867. The highest BCUT2D eigenvalue weighted by Crippen LogP contribution is 1.81. The third-order valence-corrected chi connectivity index (χ3v) is 0. The highest BCUT2D eigenvalue weighted by Gasteiger charge is 1.68. The first-order valence-corrected chi connectivity index (χ1v) is 6.16. The molecule has 0 radical (unpaired) electrons. The first-order chi connectivity index (χ1) is 6.93. The average Bonchev–Trinajstić information content (AvgIpc) is 1.76. The van der Waals surface area contributed by atoms with Crippen molar-refractivity contribution in [2.75, 3.05) is 21.1 Å². The Morgan fingerprint density at radius 3 is 0.750 bits per heavy atom. The van der Waals surface area contributed by atoms with Crippen LogP contribution in [0.1, 0.15) is 55.4 Å². The summed E-state index contributed by atoms with van der Waals surface area (Å²) in [4.78, 5) is 2.00. The molecule has 0 heterocycles. The Hall–Kier alpha value is -0.300. The van der Waals surface area contributed by atoms with E-state index in [0.29, 0.717) is 0 Å². The molecule has 0 atom stereocenters. The Labute approximate surface area is 106 Å². The maximum absolute atomic E-state index is 3.56. The summed E-state index contributed by atoms with van der Waals surface area (Å²) in [6.07, 6.45) is 0. The van der Waals surface area contributed by atoms with Gasteiger partial charge in [-0.1, -0.05) is 47.1 Å². The minimum atomic E-state index is 0.833. The van der Waals surface area contributed by atoms with Crippen molar-refractivity contribution in [3.63, 3.8) is 0 Å². The monoisotopic (exact) mass is 231 g/mol. The molecule has 0 aromatic heterocycles. The van der Waals surface area contributed by atoms with Gasteiger partial charge in [0.05, 0.1) is 0 Å². The van der Waals surface area contributed by atoms with Gasteiger partial charge in [0.1, 0.15) is 0 Å². The number of allylic oxidation sites excluding steroid dienone is 1. The fourth-order valence-electron chi connectivity index (χ4n) is 0. The molecule has 0 amide bonds. The lowest BCUT2D eigenvalue weighted by atomic mass is 10.3. The zero-order valence-electron chi connectivity index (χ0n) is 13.8. The summed E-state index contributed by atoms with van der Waals surface area (Å²) in [5, 5.41) is 0. The van der Waals surface area contributed by atoms with Crippen LogP contribution in [-0.2, 0) is 0 Å². The highest BCUT2D eigenvalue weighted by atomic mass is 15.0. The number of nitrogens with zero attached hydrogens (tertiary/aromatic N) is 1. The van der Waals surface area contributed by atoms with Crippen molar-refractivity contribution in [2.24, 2.45) is 11.8 Å². The molecule has 1 nitrogen and oxygen atoms in total. The van der Waals surface area contributed by atoms with Crippen molar-refractivity contribution in [1.29, 1.82) is 0 Å². The Kier molecular flexibility index (Phi) is 31.2. The average molecular weight is 231 g/mol. The predicted molar refractivity (Wildman–Crippen MR) is 81.1 cm³/mol. The molecule has 0 fully saturated rings. The molecule has 0 rings (SSSR count). The quantitative estimate of drug-likeness (QED) is 0.525. The van der Waals surface area contributed by atoms with Crippen LogP contribution in [0.25, 0.3) is 0 Å². The standard InChI is InChI=1S/2C4H10.C4H8.C3H9N/c4*1-4(2)3/h2*4H,1-3H3;1H2,2-3H3;1-3H3. The Morgan fingerprint density at radius 2 is 0.750 bits per heavy atom. The van der Waals surface area contributed by atoms with Crippen LogP contribution in [0.3, 0.4) is 0 Å². The van der Waals surface area contributed by atoms with Crippen LogP contribution >= 0.6 is 0 Å². The molecule has 0 saturated carbocycles. The van der Waals surface area contributed by atoms with E-state index in [0.717, 1.165) is 11.8 Å². The Morgan fingerprint density at radius 1 is 0.750 bits per heavy atom. The van der Waals surface area contributed by atoms with E-state index in [4.69, 9.17) is 0 Å². The van der Waals surface area contributed by atoms with Gasteiger partial charge in [-0.15, -0.1) is 6.58 Å². The number of hydrogen-bond donors (Lipinski definition) is 0. The first-order valence-electron chi connectivity index (χ1n) is 6.16. The lowest BCUT2D eigenvalue weighted by molar-refractivity contribution is 0.505. The van der Waals surface area contributed by atoms with Gasteiger partial charge >= 0.3 is 0 Å². The zero-order valence-corrected chi connectivity index (χ0v) is 13.8. The maximum atomic E-state index is 3.56. The second-order valence-electron chi connectivity index (χ2n) is 6.01. The molecule has 0 aliphatic heterocycles. The molecular weight excluding hydrogens is 194 g/mol. The van der Waals surface area contributed by atoms with Crippen LogP contribution in [0, 0.1) is 11.8 Å². The van der Waals surface area contributed by atoms with Crippen molar-refractivity contribution < 1.29 is 0 Å². The molecule has 0 aromatic rings. The number of hydrogen-bond acceptors (Lipinski definition) is 1. The van der Waals surface area contributed by atoms with Gasteiger partial charge in [0, 0.05) is 0 Å². The van der Waals surface area contributed by atoms with Crippen LogP contribution in [-0.4, -0.2) is 26.0 Å². The van der Waals surface area contributed by atoms with E-state index in [1.807, 2.05) is 39.9 Å². The van der Waals surface area contributed by atoms with Crippen LogP contribution in [0.15, 0.2) is 12.2 Å². The lowest BCUT2D eigenvalue weighted by Crippen LogP contribution is -1.99. The highest BCUT2D eigenvalue weighted by molar-refractivity contribution is 4.78. The topological polar surface area (TPSA) is 3.24 Å². The molecule has 16 heavy (non-hydrogen) atoms. The summed E-state index contributed by atoms with van der Waals surface area (Å²) in [6.45, 7) is 20.5. The van der Waals surface area contributed by atoms with E-state index in [2.05, 4.69) is 48.1 Å². The lowest BCUT2D eigenvalue weighted by Gasteiger charge is -1.90. The molecule has 0 aliphatic carbocycles. The minimum Gasteiger partial charge on any atom is -0.312 e. The summed E-state index contributed by atoms with van der Waals surface area (Å²) in [5.74, 6) is 1.67. The first kappa shape index (κ1) is 24.8. The summed E-state index contributed by atoms with van der Waals surface area (Å²) < 4.78 is 0. The molecule has 0 bridgehead atoms. The molecular formula is C15H37N. The Bertz CT molecular complexity index is 86.1. The van der Waals surface area contributed by atoms with Crippen LogP contribution in [0.5, 0.6) is 0 Å². The molecule has 0 unspecified atom stereocenters. The summed E-state index contributed by atoms with van der Waals surface area (Å²) in [6, 6.07) is 0. The van der Waals surface area contributed by atoms with Gasteiger partial charge in [0.2, 0.25) is 0 Å². The van der Waals surface area contributed by atoms with Gasteiger partial charge in [-0.05, 0) is 46.8 Å².